The summed E-state index contributed by atoms with van der Waals surface area (Å²) in [5, 5.41) is 7.89. The summed E-state index contributed by atoms with van der Waals surface area (Å²) in [5.74, 6) is 1.51. The number of rotatable bonds is 2. The summed E-state index contributed by atoms with van der Waals surface area (Å²) in [6.07, 6.45) is 5.87. The van der Waals surface area contributed by atoms with Crippen molar-refractivity contribution in [3.63, 3.8) is 0 Å². The molecule has 31 heavy (non-hydrogen) atoms. The Kier molecular flexibility index (Phi) is 4.71. The fourth-order valence-corrected chi connectivity index (χ4v) is 5.71. The number of nitrogens with zero attached hydrogens (tertiary/aromatic N) is 5. The molecule has 0 bridgehead atoms. The highest BCUT2D eigenvalue weighted by atomic mass is 35.5. The molecule has 4 heterocycles. The number of pyridine rings is 1. The van der Waals surface area contributed by atoms with E-state index in [4.69, 9.17) is 28.1 Å². The summed E-state index contributed by atoms with van der Waals surface area (Å²) in [6, 6.07) is 1.95. The molecule has 9 nitrogen and oxygen atoms in total. The highest BCUT2D eigenvalue weighted by Crippen LogP contribution is 2.48. The summed E-state index contributed by atoms with van der Waals surface area (Å²) in [5.41, 5.74) is 13.8. The van der Waals surface area contributed by atoms with Crippen LogP contribution in [0, 0.1) is 11.3 Å². The van der Waals surface area contributed by atoms with Crippen LogP contribution in [0.4, 0.5) is 11.8 Å². The van der Waals surface area contributed by atoms with Crippen molar-refractivity contribution in [1.82, 2.24) is 24.7 Å². The number of H-pyrrole nitrogens is 1. The summed E-state index contributed by atoms with van der Waals surface area (Å²) < 4.78 is 1.59. The van der Waals surface area contributed by atoms with Gasteiger partial charge in [0.2, 0.25) is 5.95 Å². The van der Waals surface area contributed by atoms with Gasteiger partial charge in [0.05, 0.1) is 5.02 Å². The van der Waals surface area contributed by atoms with Gasteiger partial charge in [0.1, 0.15) is 16.9 Å². The molecule has 5 N–H and O–H groups in total. The molecule has 5 rings (SSSR count). The Morgan fingerprint density at radius 2 is 2.06 bits per heavy atom. The Hall–Kier alpha value is -2.65. The molecule has 0 amide bonds. The van der Waals surface area contributed by atoms with Gasteiger partial charge in [-0.1, -0.05) is 18.5 Å². The van der Waals surface area contributed by atoms with Crippen LogP contribution in [0.1, 0.15) is 32.6 Å². The van der Waals surface area contributed by atoms with Crippen molar-refractivity contribution in [3.05, 3.63) is 27.6 Å². The molecule has 0 aromatic carbocycles. The Morgan fingerprint density at radius 1 is 1.32 bits per heavy atom. The highest BCUT2D eigenvalue weighted by molar-refractivity contribution is 6.35. The van der Waals surface area contributed by atoms with Crippen LogP contribution in [0.5, 0.6) is 0 Å². The van der Waals surface area contributed by atoms with Gasteiger partial charge in [-0.05, 0) is 43.1 Å². The number of nitrogens with one attached hydrogen (secondary N) is 1. The second-order valence-corrected chi connectivity index (χ2v) is 9.51. The number of aromatic amines is 1. The number of piperidine rings is 1. The summed E-state index contributed by atoms with van der Waals surface area (Å²) in [7, 11) is 1.75. The predicted molar refractivity (Wildman–Crippen MR) is 122 cm³/mol. The second-order valence-electron chi connectivity index (χ2n) is 9.13. The molecule has 1 unspecified atom stereocenters. The number of aromatic nitrogens is 5. The van der Waals surface area contributed by atoms with E-state index in [1.54, 1.807) is 23.9 Å². The van der Waals surface area contributed by atoms with Gasteiger partial charge in [0, 0.05) is 37.9 Å². The van der Waals surface area contributed by atoms with E-state index in [1.807, 2.05) is 0 Å². The molecular weight excluding hydrogens is 416 g/mol. The van der Waals surface area contributed by atoms with Crippen LogP contribution in [0.2, 0.25) is 5.02 Å². The van der Waals surface area contributed by atoms with Crippen LogP contribution in [0.25, 0.3) is 22.3 Å². The topological polar surface area (TPSA) is 132 Å². The van der Waals surface area contributed by atoms with E-state index < -0.39 is 0 Å². The van der Waals surface area contributed by atoms with Crippen molar-refractivity contribution >= 4 is 34.4 Å². The minimum Gasteiger partial charge on any atom is -0.382 e. The number of anilines is 2. The summed E-state index contributed by atoms with van der Waals surface area (Å²) in [6.45, 7) is 3.96. The van der Waals surface area contributed by atoms with Crippen molar-refractivity contribution in [2.45, 2.75) is 38.6 Å². The lowest BCUT2D eigenvalue weighted by atomic mass is 9.74. The molecule has 1 spiro atoms. The van der Waals surface area contributed by atoms with Crippen molar-refractivity contribution in [2.24, 2.45) is 24.1 Å². The monoisotopic (exact) mass is 442 g/mol. The van der Waals surface area contributed by atoms with Crippen molar-refractivity contribution in [3.8, 4) is 11.3 Å². The average Bonchev–Trinajstić information content (AvgIpc) is 3.28. The van der Waals surface area contributed by atoms with Gasteiger partial charge in [-0.25, -0.2) is 4.98 Å². The first-order valence-electron chi connectivity index (χ1n) is 10.7. The van der Waals surface area contributed by atoms with Gasteiger partial charge < -0.3 is 16.4 Å². The number of halogens is 1. The fraction of sp³-hybridized carbons (Fsp3) is 0.524. The summed E-state index contributed by atoms with van der Waals surface area (Å²) in [4.78, 5) is 24.2. The Balaban J connectivity index is 1.51. The lowest BCUT2D eigenvalue weighted by molar-refractivity contribution is 0.192. The van der Waals surface area contributed by atoms with E-state index >= 15 is 0 Å². The van der Waals surface area contributed by atoms with Crippen LogP contribution in [-0.4, -0.2) is 43.9 Å². The molecule has 3 aromatic heterocycles. The van der Waals surface area contributed by atoms with Crippen LogP contribution in [0.15, 0.2) is 17.1 Å². The number of fused-ring (bicyclic) bond motifs is 1. The maximum atomic E-state index is 13.3. The largest absolute Gasteiger partial charge is 0.382 e. The van der Waals surface area contributed by atoms with E-state index in [-0.39, 0.29) is 27.9 Å². The molecule has 1 saturated heterocycles. The maximum absolute atomic E-state index is 13.3. The molecule has 2 aliphatic rings. The molecule has 3 aromatic rings. The van der Waals surface area contributed by atoms with Gasteiger partial charge in [-0.15, -0.1) is 0 Å². The Bertz CT molecular complexity index is 1210. The standard InChI is InChI=1S/C21H27ClN8O/c1-11-9-13(23)21(10-11)4-7-30(8-5-21)20-26-18-14(19(31)29(20)2)16(27-28-18)12-3-6-25-17(24)15(12)22/h3,6,11,13H,4-5,7-10,23H2,1-2H3,(H2,24,25)(H,27,28)/t11-,13?/m0/s1. The molecule has 1 aliphatic heterocycles. The molecule has 0 radical (unpaired) electrons. The zero-order valence-corrected chi connectivity index (χ0v) is 18.5. The van der Waals surface area contributed by atoms with E-state index in [0.29, 0.717) is 34.2 Å². The first kappa shape index (κ1) is 20.3. The van der Waals surface area contributed by atoms with E-state index in [0.717, 1.165) is 32.4 Å². The average molecular weight is 443 g/mol. The molecule has 164 valence electrons. The number of nitrogen functional groups attached to an aromatic ring is 1. The van der Waals surface area contributed by atoms with Crippen LogP contribution >= 0.6 is 11.6 Å². The zero-order chi connectivity index (χ0) is 21.9. The quantitative estimate of drug-likeness (QED) is 0.554. The van der Waals surface area contributed by atoms with Gasteiger partial charge in [-0.2, -0.15) is 10.1 Å². The van der Waals surface area contributed by atoms with Crippen molar-refractivity contribution in [2.75, 3.05) is 23.7 Å². The van der Waals surface area contributed by atoms with Gasteiger partial charge in [0.25, 0.3) is 5.56 Å². The lowest BCUT2D eigenvalue weighted by Gasteiger charge is -2.42. The van der Waals surface area contributed by atoms with Gasteiger partial charge >= 0.3 is 0 Å². The molecule has 2 fully saturated rings. The normalized spacial score (nSPS) is 23.2. The van der Waals surface area contributed by atoms with Gasteiger partial charge in [0.15, 0.2) is 5.65 Å². The zero-order valence-electron chi connectivity index (χ0n) is 17.7. The third-order valence-corrected chi connectivity index (χ3v) is 7.59. The predicted octanol–water partition coefficient (Wildman–Crippen LogP) is 2.30. The number of hydrogen-bond acceptors (Lipinski definition) is 7. The first-order valence-corrected chi connectivity index (χ1v) is 11.0. The van der Waals surface area contributed by atoms with E-state index in [1.165, 1.54) is 6.42 Å². The lowest BCUT2D eigenvalue weighted by Crippen LogP contribution is -2.48. The number of nitrogens with two attached hydrogens (primary N) is 2. The van der Waals surface area contributed by atoms with Crippen LogP contribution in [-0.2, 0) is 7.05 Å². The second kappa shape index (κ2) is 7.20. The first-order chi connectivity index (χ1) is 14.8. The van der Waals surface area contributed by atoms with Crippen LogP contribution in [0.3, 0.4) is 0 Å². The van der Waals surface area contributed by atoms with Crippen molar-refractivity contribution < 1.29 is 0 Å². The highest BCUT2D eigenvalue weighted by Gasteiger charge is 2.46. The minimum absolute atomic E-state index is 0.179. The van der Waals surface area contributed by atoms with E-state index in [2.05, 4.69) is 27.0 Å². The third kappa shape index (κ3) is 3.10. The Labute approximate surface area is 184 Å². The Morgan fingerprint density at radius 3 is 2.74 bits per heavy atom. The fourth-order valence-electron chi connectivity index (χ4n) is 5.51. The van der Waals surface area contributed by atoms with E-state index in [9.17, 15) is 4.79 Å². The summed E-state index contributed by atoms with van der Waals surface area (Å²) >= 11 is 6.32. The van der Waals surface area contributed by atoms with Crippen molar-refractivity contribution in [1.29, 1.82) is 0 Å². The minimum atomic E-state index is -0.179. The number of hydrogen-bond donors (Lipinski definition) is 3. The third-order valence-electron chi connectivity index (χ3n) is 7.19. The smallest absolute Gasteiger partial charge is 0.266 e. The molecular formula is C21H27ClN8O. The maximum Gasteiger partial charge on any atom is 0.266 e. The molecule has 10 heteroatoms. The molecule has 1 saturated carbocycles. The SMILES string of the molecule is C[C@H]1CC(N)C2(CCN(c3nc4[nH]nc(-c5ccnc(N)c5Cl)c4c(=O)n3C)CC2)C1. The van der Waals surface area contributed by atoms with Gasteiger partial charge in [-0.3, -0.25) is 14.5 Å². The molecule has 1 aliphatic carbocycles. The van der Waals surface area contributed by atoms with Crippen LogP contribution < -0.4 is 21.9 Å². The molecule has 2 atom stereocenters.